The van der Waals surface area contributed by atoms with Crippen molar-refractivity contribution < 1.29 is 5.11 Å². The summed E-state index contributed by atoms with van der Waals surface area (Å²) < 4.78 is 0. The molecule has 0 saturated heterocycles. The van der Waals surface area contributed by atoms with Gasteiger partial charge in [-0.25, -0.2) is 0 Å². The molecule has 0 fully saturated rings. The van der Waals surface area contributed by atoms with Crippen molar-refractivity contribution in [3.05, 3.63) is 71.8 Å². The van der Waals surface area contributed by atoms with E-state index in [0.717, 1.165) is 11.1 Å². The fourth-order valence-corrected chi connectivity index (χ4v) is 1.88. The predicted molar refractivity (Wildman–Crippen MR) is 75.4 cm³/mol. The van der Waals surface area contributed by atoms with Crippen molar-refractivity contribution in [1.82, 2.24) is 5.32 Å². The maximum absolute atomic E-state index is 9.84. The normalized spacial score (nSPS) is 12.7. The van der Waals surface area contributed by atoms with Crippen LogP contribution in [0.25, 0.3) is 6.08 Å². The Bertz CT molecular complexity index is 520. The van der Waals surface area contributed by atoms with E-state index >= 15 is 0 Å². The molecule has 2 aromatic rings. The molecule has 0 bridgehead atoms. The lowest BCUT2D eigenvalue weighted by Crippen LogP contribution is -2.13. The number of hydrogen-bond acceptors (Lipinski definition) is 2. The highest BCUT2D eigenvalue weighted by atomic mass is 16.3. The van der Waals surface area contributed by atoms with Gasteiger partial charge in [0.05, 0.1) is 6.04 Å². The number of benzene rings is 2. The second-order valence-electron chi connectivity index (χ2n) is 4.09. The molecule has 0 spiro atoms. The Labute approximate surface area is 108 Å². The van der Waals surface area contributed by atoms with E-state index in [2.05, 4.69) is 5.32 Å². The fourth-order valence-electron chi connectivity index (χ4n) is 1.88. The Morgan fingerprint density at radius 3 is 2.33 bits per heavy atom. The monoisotopic (exact) mass is 239 g/mol. The Kier molecular flexibility index (Phi) is 4.15. The summed E-state index contributed by atoms with van der Waals surface area (Å²) in [4.78, 5) is 0. The SMILES string of the molecule is CNC(/C=C/c1ccccc1)c1ccccc1O. The van der Waals surface area contributed by atoms with Gasteiger partial charge in [-0.2, -0.15) is 0 Å². The first-order valence-corrected chi connectivity index (χ1v) is 5.99. The molecule has 92 valence electrons. The molecule has 0 radical (unpaired) electrons. The minimum Gasteiger partial charge on any atom is -0.508 e. The quantitative estimate of drug-likeness (QED) is 0.857. The van der Waals surface area contributed by atoms with Crippen molar-refractivity contribution >= 4 is 6.08 Å². The number of para-hydroxylation sites is 1. The zero-order valence-electron chi connectivity index (χ0n) is 10.4. The van der Waals surface area contributed by atoms with Crippen LogP contribution >= 0.6 is 0 Å². The highest BCUT2D eigenvalue weighted by molar-refractivity contribution is 5.51. The van der Waals surface area contributed by atoms with E-state index < -0.39 is 0 Å². The maximum Gasteiger partial charge on any atom is 0.120 e. The highest BCUT2D eigenvalue weighted by Gasteiger charge is 2.08. The predicted octanol–water partition coefficient (Wildman–Crippen LogP) is 3.37. The standard InChI is InChI=1S/C16H17NO/c1-17-15(14-9-5-6-10-16(14)18)12-11-13-7-3-2-4-8-13/h2-12,15,17-18H,1H3/b12-11+. The molecule has 2 aromatic carbocycles. The van der Waals surface area contributed by atoms with Gasteiger partial charge in [-0.1, -0.05) is 60.7 Å². The first-order valence-electron chi connectivity index (χ1n) is 5.99. The van der Waals surface area contributed by atoms with E-state index in [9.17, 15) is 5.11 Å². The molecule has 1 unspecified atom stereocenters. The van der Waals surface area contributed by atoms with E-state index in [1.54, 1.807) is 6.07 Å². The van der Waals surface area contributed by atoms with Crippen molar-refractivity contribution in [2.45, 2.75) is 6.04 Å². The van der Waals surface area contributed by atoms with Crippen LogP contribution in [0.2, 0.25) is 0 Å². The van der Waals surface area contributed by atoms with Gasteiger partial charge in [-0.15, -0.1) is 0 Å². The van der Waals surface area contributed by atoms with Crippen LogP contribution in [0, 0.1) is 0 Å². The Morgan fingerprint density at radius 1 is 1.00 bits per heavy atom. The van der Waals surface area contributed by atoms with Gasteiger partial charge in [-0.05, 0) is 18.7 Å². The third-order valence-electron chi connectivity index (χ3n) is 2.86. The summed E-state index contributed by atoms with van der Waals surface area (Å²) in [5.74, 6) is 0.314. The van der Waals surface area contributed by atoms with Crippen LogP contribution in [0.5, 0.6) is 5.75 Å². The van der Waals surface area contributed by atoms with Crippen molar-refractivity contribution in [3.8, 4) is 5.75 Å². The summed E-state index contributed by atoms with van der Waals surface area (Å²) in [5, 5.41) is 13.0. The molecule has 2 heteroatoms. The van der Waals surface area contributed by atoms with Crippen LogP contribution in [0.15, 0.2) is 60.7 Å². The van der Waals surface area contributed by atoms with Gasteiger partial charge in [0, 0.05) is 5.56 Å². The maximum atomic E-state index is 9.84. The van der Waals surface area contributed by atoms with Crippen LogP contribution < -0.4 is 5.32 Å². The average Bonchev–Trinajstić information content (AvgIpc) is 2.42. The van der Waals surface area contributed by atoms with E-state index in [1.807, 2.05) is 67.7 Å². The molecule has 2 N–H and O–H groups in total. The molecule has 2 nitrogen and oxygen atoms in total. The second kappa shape index (κ2) is 6.03. The van der Waals surface area contributed by atoms with E-state index in [-0.39, 0.29) is 6.04 Å². The molecular weight excluding hydrogens is 222 g/mol. The van der Waals surface area contributed by atoms with Crippen LogP contribution in [-0.2, 0) is 0 Å². The van der Waals surface area contributed by atoms with Crippen molar-refractivity contribution in [3.63, 3.8) is 0 Å². The van der Waals surface area contributed by atoms with Crippen LogP contribution in [0.4, 0.5) is 0 Å². The summed E-state index contributed by atoms with van der Waals surface area (Å²) in [6.07, 6.45) is 4.10. The van der Waals surface area contributed by atoms with Crippen molar-refractivity contribution in [1.29, 1.82) is 0 Å². The summed E-state index contributed by atoms with van der Waals surface area (Å²) >= 11 is 0. The van der Waals surface area contributed by atoms with E-state index in [1.165, 1.54) is 0 Å². The van der Waals surface area contributed by atoms with Gasteiger partial charge in [0.25, 0.3) is 0 Å². The summed E-state index contributed by atoms with van der Waals surface area (Å²) in [7, 11) is 1.88. The minimum atomic E-state index is 0.00593. The average molecular weight is 239 g/mol. The van der Waals surface area contributed by atoms with Crippen LogP contribution in [0.1, 0.15) is 17.2 Å². The molecule has 0 aliphatic rings. The largest absolute Gasteiger partial charge is 0.508 e. The number of nitrogens with one attached hydrogen (secondary N) is 1. The first kappa shape index (κ1) is 12.4. The summed E-state index contributed by atoms with van der Waals surface area (Å²) in [6.45, 7) is 0. The minimum absolute atomic E-state index is 0.00593. The summed E-state index contributed by atoms with van der Waals surface area (Å²) in [5.41, 5.74) is 2.03. The van der Waals surface area contributed by atoms with E-state index in [0.29, 0.717) is 5.75 Å². The third kappa shape index (κ3) is 2.99. The first-order chi connectivity index (χ1) is 8.81. The Balaban J connectivity index is 2.21. The van der Waals surface area contributed by atoms with Crippen molar-refractivity contribution in [2.24, 2.45) is 0 Å². The molecule has 0 heterocycles. The topological polar surface area (TPSA) is 32.3 Å². The van der Waals surface area contributed by atoms with Gasteiger partial charge >= 0.3 is 0 Å². The van der Waals surface area contributed by atoms with Gasteiger partial charge < -0.3 is 10.4 Å². The Hall–Kier alpha value is -2.06. The lowest BCUT2D eigenvalue weighted by Gasteiger charge is -2.13. The Morgan fingerprint density at radius 2 is 1.67 bits per heavy atom. The molecule has 0 aliphatic heterocycles. The molecule has 0 amide bonds. The van der Waals surface area contributed by atoms with E-state index in [4.69, 9.17) is 0 Å². The van der Waals surface area contributed by atoms with Crippen molar-refractivity contribution in [2.75, 3.05) is 7.05 Å². The van der Waals surface area contributed by atoms with Crippen LogP contribution in [0.3, 0.4) is 0 Å². The van der Waals surface area contributed by atoms with Gasteiger partial charge in [-0.3, -0.25) is 0 Å². The number of phenols is 1. The zero-order valence-corrected chi connectivity index (χ0v) is 10.4. The number of rotatable bonds is 4. The summed E-state index contributed by atoms with van der Waals surface area (Å²) in [6, 6.07) is 17.5. The molecule has 18 heavy (non-hydrogen) atoms. The lowest BCUT2D eigenvalue weighted by atomic mass is 10.0. The molecule has 2 rings (SSSR count). The zero-order chi connectivity index (χ0) is 12.8. The molecule has 0 aromatic heterocycles. The molecular formula is C16H17NO. The molecule has 1 atom stereocenters. The smallest absolute Gasteiger partial charge is 0.120 e. The number of hydrogen-bond donors (Lipinski definition) is 2. The highest BCUT2D eigenvalue weighted by Crippen LogP contribution is 2.24. The number of aromatic hydroxyl groups is 1. The fraction of sp³-hybridized carbons (Fsp3) is 0.125. The third-order valence-corrected chi connectivity index (χ3v) is 2.86. The number of phenolic OH excluding ortho intramolecular Hbond substituents is 1. The molecule has 0 aliphatic carbocycles. The lowest BCUT2D eigenvalue weighted by molar-refractivity contribution is 0.462. The van der Waals surface area contributed by atoms with Gasteiger partial charge in [0.1, 0.15) is 5.75 Å². The van der Waals surface area contributed by atoms with Gasteiger partial charge in [0.15, 0.2) is 0 Å². The molecule has 0 saturated carbocycles. The van der Waals surface area contributed by atoms with Crippen LogP contribution in [-0.4, -0.2) is 12.2 Å². The number of likely N-dealkylation sites (N-methyl/N-ethyl adjacent to an activating group) is 1. The second-order valence-corrected chi connectivity index (χ2v) is 4.09. The van der Waals surface area contributed by atoms with Gasteiger partial charge in [0.2, 0.25) is 0 Å².